The second-order valence-electron chi connectivity index (χ2n) is 8.01. The molecule has 0 atom stereocenters. The van der Waals surface area contributed by atoms with Crippen LogP contribution < -0.4 is 10.6 Å². The molecule has 4 aromatic heterocycles. The van der Waals surface area contributed by atoms with Crippen LogP contribution in [-0.4, -0.2) is 55.4 Å². The standard InChI is InChI=1S/C22H17ClF3N7O3/c1-11-7-13-4-6-28-32(13)18(21(35)29-12-9-36-10-12)17(11)30-20(34)15-8-16(22(24,25)26)31-33(15)19-14(23)3-2-5-27-19/h2-8,12H,9-10H2,1H3,(H,29,35)(H,30,34). The predicted octanol–water partition coefficient (Wildman–Crippen LogP) is 3.28. The maximum Gasteiger partial charge on any atom is 0.435 e. The van der Waals surface area contributed by atoms with E-state index in [2.05, 4.69) is 25.8 Å². The van der Waals surface area contributed by atoms with Crippen LogP contribution in [0.4, 0.5) is 18.9 Å². The summed E-state index contributed by atoms with van der Waals surface area (Å²) in [6, 6.07) is 6.63. The molecule has 1 saturated heterocycles. The van der Waals surface area contributed by atoms with E-state index in [-0.39, 0.29) is 28.3 Å². The zero-order valence-electron chi connectivity index (χ0n) is 18.5. The second kappa shape index (κ2) is 8.91. The number of carbonyl (C=O) groups is 2. The lowest BCUT2D eigenvalue weighted by Crippen LogP contribution is -2.49. The summed E-state index contributed by atoms with van der Waals surface area (Å²) in [4.78, 5) is 30.5. The van der Waals surface area contributed by atoms with Gasteiger partial charge in [-0.1, -0.05) is 11.6 Å². The molecule has 2 amide bonds. The number of aryl methyl sites for hydroxylation is 1. The van der Waals surface area contributed by atoms with E-state index in [0.717, 1.165) is 0 Å². The number of fused-ring (bicyclic) bond motifs is 1. The zero-order valence-corrected chi connectivity index (χ0v) is 19.3. The number of aromatic nitrogens is 5. The number of hydrogen-bond donors (Lipinski definition) is 2. The van der Waals surface area contributed by atoms with Crippen LogP contribution in [0.3, 0.4) is 0 Å². The molecule has 0 unspecified atom stereocenters. The maximum atomic E-state index is 13.5. The molecule has 0 saturated carbocycles. The molecular formula is C22H17ClF3N7O3. The lowest BCUT2D eigenvalue weighted by atomic mass is 10.1. The van der Waals surface area contributed by atoms with E-state index in [1.807, 2.05) is 0 Å². The molecular weight excluding hydrogens is 503 g/mol. The number of pyridine rings is 2. The molecule has 36 heavy (non-hydrogen) atoms. The molecule has 1 fully saturated rings. The fourth-order valence-corrected chi connectivity index (χ4v) is 3.89. The quantitative estimate of drug-likeness (QED) is 0.418. The molecule has 0 aromatic carbocycles. The molecule has 1 aliphatic rings. The monoisotopic (exact) mass is 519 g/mol. The molecule has 0 radical (unpaired) electrons. The molecule has 4 aromatic rings. The third-order valence-corrected chi connectivity index (χ3v) is 5.77. The lowest BCUT2D eigenvalue weighted by molar-refractivity contribution is -0.141. The normalized spacial score (nSPS) is 14.0. The fraction of sp³-hybridized carbons (Fsp3) is 0.227. The van der Waals surface area contributed by atoms with Crippen molar-refractivity contribution in [2.24, 2.45) is 0 Å². The van der Waals surface area contributed by atoms with Crippen LogP contribution in [0.15, 0.2) is 42.7 Å². The molecule has 14 heteroatoms. The van der Waals surface area contributed by atoms with E-state index in [9.17, 15) is 22.8 Å². The summed E-state index contributed by atoms with van der Waals surface area (Å²) in [6.07, 6.45) is -2.04. The van der Waals surface area contributed by atoms with Gasteiger partial charge in [-0.05, 0) is 36.8 Å². The summed E-state index contributed by atoms with van der Waals surface area (Å²) in [7, 11) is 0. The zero-order chi connectivity index (χ0) is 25.6. The molecule has 0 bridgehead atoms. The number of alkyl halides is 3. The molecule has 2 N–H and O–H groups in total. The van der Waals surface area contributed by atoms with Crippen molar-refractivity contribution < 1.29 is 27.5 Å². The summed E-state index contributed by atoms with van der Waals surface area (Å²) in [6.45, 7) is 2.33. The Balaban J connectivity index is 1.59. The van der Waals surface area contributed by atoms with Gasteiger partial charge in [0.25, 0.3) is 11.8 Å². The van der Waals surface area contributed by atoms with Gasteiger partial charge in [0.1, 0.15) is 5.69 Å². The van der Waals surface area contributed by atoms with Crippen molar-refractivity contribution in [2.45, 2.75) is 19.1 Å². The minimum absolute atomic E-state index is 0.00762. The van der Waals surface area contributed by atoms with E-state index in [1.54, 1.807) is 19.1 Å². The van der Waals surface area contributed by atoms with Crippen LogP contribution in [0.5, 0.6) is 0 Å². The van der Waals surface area contributed by atoms with Gasteiger partial charge in [0.2, 0.25) is 0 Å². The number of nitrogens with zero attached hydrogens (tertiary/aromatic N) is 5. The molecule has 0 spiro atoms. The van der Waals surface area contributed by atoms with Crippen LogP contribution in [0.2, 0.25) is 5.02 Å². The first-order valence-electron chi connectivity index (χ1n) is 10.6. The van der Waals surface area contributed by atoms with Crippen LogP contribution in [0.1, 0.15) is 32.2 Å². The van der Waals surface area contributed by atoms with Gasteiger partial charge in [-0.3, -0.25) is 9.59 Å². The number of ether oxygens (including phenoxy) is 1. The Kier molecular flexibility index (Phi) is 5.88. The fourth-order valence-electron chi connectivity index (χ4n) is 3.69. The van der Waals surface area contributed by atoms with E-state index < -0.39 is 29.4 Å². The van der Waals surface area contributed by atoms with Crippen molar-refractivity contribution in [2.75, 3.05) is 18.5 Å². The highest BCUT2D eigenvalue weighted by Gasteiger charge is 2.37. The van der Waals surface area contributed by atoms with Crippen LogP contribution in [0, 0.1) is 6.92 Å². The SMILES string of the molecule is Cc1cc2ccnn2c(C(=O)NC2COC2)c1NC(=O)c1cc(C(F)(F)F)nn1-c1ncccc1Cl. The highest BCUT2D eigenvalue weighted by molar-refractivity contribution is 6.32. The smallest absolute Gasteiger partial charge is 0.377 e. The van der Waals surface area contributed by atoms with Crippen molar-refractivity contribution in [1.29, 1.82) is 0 Å². The molecule has 186 valence electrons. The largest absolute Gasteiger partial charge is 0.435 e. The van der Waals surface area contributed by atoms with Crippen LogP contribution in [-0.2, 0) is 10.9 Å². The van der Waals surface area contributed by atoms with Gasteiger partial charge in [0.15, 0.2) is 17.2 Å². The predicted molar refractivity (Wildman–Crippen MR) is 121 cm³/mol. The Morgan fingerprint density at radius 3 is 2.61 bits per heavy atom. The Morgan fingerprint density at radius 1 is 1.17 bits per heavy atom. The minimum Gasteiger partial charge on any atom is -0.377 e. The number of nitrogens with one attached hydrogen (secondary N) is 2. The first kappa shape index (κ1) is 23.8. The molecule has 1 aliphatic heterocycles. The van der Waals surface area contributed by atoms with Crippen molar-refractivity contribution in [3.63, 3.8) is 0 Å². The highest BCUT2D eigenvalue weighted by atomic mass is 35.5. The number of carbonyl (C=O) groups excluding carboxylic acids is 2. The first-order valence-corrected chi connectivity index (χ1v) is 11.0. The topological polar surface area (TPSA) is 115 Å². The molecule has 10 nitrogen and oxygen atoms in total. The molecule has 5 heterocycles. The molecule has 5 rings (SSSR count). The lowest BCUT2D eigenvalue weighted by Gasteiger charge is -2.27. The Labute approximate surface area is 206 Å². The summed E-state index contributed by atoms with van der Waals surface area (Å²) in [5, 5.41) is 13.0. The summed E-state index contributed by atoms with van der Waals surface area (Å²) in [5.74, 6) is -1.66. The van der Waals surface area contributed by atoms with Gasteiger partial charge in [-0.15, -0.1) is 0 Å². The van der Waals surface area contributed by atoms with Gasteiger partial charge >= 0.3 is 6.18 Å². The maximum absolute atomic E-state index is 13.5. The number of hydrogen-bond acceptors (Lipinski definition) is 6. The number of anilines is 1. The summed E-state index contributed by atoms with van der Waals surface area (Å²) >= 11 is 6.12. The van der Waals surface area contributed by atoms with Gasteiger partial charge in [-0.25, -0.2) is 14.2 Å². The first-order chi connectivity index (χ1) is 17.1. The van der Waals surface area contributed by atoms with Gasteiger partial charge in [0.05, 0.1) is 41.7 Å². The molecule has 0 aliphatic carbocycles. The Hall–Kier alpha value is -3.97. The van der Waals surface area contributed by atoms with Crippen molar-refractivity contribution in [3.05, 3.63) is 70.4 Å². The third kappa shape index (κ3) is 4.27. The van der Waals surface area contributed by atoms with Gasteiger partial charge < -0.3 is 15.4 Å². The van der Waals surface area contributed by atoms with E-state index >= 15 is 0 Å². The number of amides is 2. The van der Waals surface area contributed by atoms with E-state index in [0.29, 0.717) is 35.0 Å². The summed E-state index contributed by atoms with van der Waals surface area (Å²) < 4.78 is 47.6. The average molecular weight is 520 g/mol. The summed E-state index contributed by atoms with van der Waals surface area (Å²) in [5.41, 5.74) is -0.636. The van der Waals surface area contributed by atoms with Crippen molar-refractivity contribution in [3.8, 4) is 5.82 Å². The van der Waals surface area contributed by atoms with Crippen LogP contribution >= 0.6 is 11.6 Å². The third-order valence-electron chi connectivity index (χ3n) is 5.48. The van der Waals surface area contributed by atoms with Gasteiger partial charge in [0, 0.05) is 12.3 Å². The number of halogens is 4. The second-order valence-corrected chi connectivity index (χ2v) is 8.42. The average Bonchev–Trinajstić information content (AvgIpc) is 3.44. The van der Waals surface area contributed by atoms with E-state index in [4.69, 9.17) is 16.3 Å². The Morgan fingerprint density at radius 2 is 1.94 bits per heavy atom. The Bertz CT molecular complexity index is 1490. The van der Waals surface area contributed by atoms with Gasteiger partial charge in [-0.2, -0.15) is 23.4 Å². The van der Waals surface area contributed by atoms with E-state index in [1.165, 1.54) is 29.0 Å². The van der Waals surface area contributed by atoms with Crippen molar-refractivity contribution >= 4 is 34.6 Å². The van der Waals surface area contributed by atoms with Crippen molar-refractivity contribution in [1.82, 2.24) is 29.7 Å². The number of rotatable bonds is 5. The minimum atomic E-state index is -4.83. The highest BCUT2D eigenvalue weighted by Crippen LogP contribution is 2.31. The van der Waals surface area contributed by atoms with Crippen LogP contribution in [0.25, 0.3) is 11.3 Å².